The van der Waals surface area contributed by atoms with Crippen LogP contribution >= 0.6 is 0 Å². The maximum Gasteiger partial charge on any atom is 0.282 e. The van der Waals surface area contributed by atoms with Gasteiger partial charge in [0.25, 0.3) is 5.56 Å². The highest BCUT2D eigenvalue weighted by Gasteiger charge is 2.12. The van der Waals surface area contributed by atoms with Crippen LogP contribution in [0, 0.1) is 20.8 Å². The van der Waals surface area contributed by atoms with E-state index in [0.717, 1.165) is 16.9 Å². The predicted molar refractivity (Wildman–Crippen MR) is 79.3 cm³/mol. The molecule has 3 aromatic rings. The number of aryl methyl sites for hydroxylation is 3. The Kier molecular flexibility index (Phi) is 2.86. The Morgan fingerprint density at radius 2 is 1.70 bits per heavy atom. The highest BCUT2D eigenvalue weighted by atomic mass is 16.1. The van der Waals surface area contributed by atoms with Gasteiger partial charge < -0.3 is 0 Å². The van der Waals surface area contributed by atoms with Crippen molar-refractivity contribution < 1.29 is 0 Å². The lowest BCUT2D eigenvalue weighted by molar-refractivity contribution is 0.907. The average molecular weight is 265 g/mol. The van der Waals surface area contributed by atoms with Gasteiger partial charge in [0.15, 0.2) is 5.65 Å². The number of rotatable bonds is 1. The fourth-order valence-electron chi connectivity index (χ4n) is 2.39. The van der Waals surface area contributed by atoms with Crippen LogP contribution < -0.4 is 5.56 Å². The molecule has 0 aliphatic rings. The van der Waals surface area contributed by atoms with E-state index in [1.54, 1.807) is 6.07 Å². The average Bonchev–Trinajstić information content (AvgIpc) is 2.40. The van der Waals surface area contributed by atoms with Gasteiger partial charge in [0.05, 0.1) is 11.1 Å². The summed E-state index contributed by atoms with van der Waals surface area (Å²) in [6.45, 7) is 5.79. The maximum absolute atomic E-state index is 12.0. The number of nitrogens with zero attached hydrogens (tertiary/aromatic N) is 3. The van der Waals surface area contributed by atoms with Crippen LogP contribution in [0.1, 0.15) is 17.1 Å². The second-order valence-corrected chi connectivity index (χ2v) is 4.91. The molecule has 4 heteroatoms. The fourth-order valence-corrected chi connectivity index (χ4v) is 2.39. The number of hydrogen-bond acceptors (Lipinski definition) is 3. The van der Waals surface area contributed by atoms with E-state index >= 15 is 0 Å². The van der Waals surface area contributed by atoms with Gasteiger partial charge in [0.2, 0.25) is 0 Å². The molecule has 20 heavy (non-hydrogen) atoms. The molecule has 0 aliphatic carbocycles. The zero-order chi connectivity index (χ0) is 14.3. The van der Waals surface area contributed by atoms with Crippen LogP contribution in [-0.2, 0) is 0 Å². The zero-order valence-electron chi connectivity index (χ0n) is 11.7. The van der Waals surface area contributed by atoms with Gasteiger partial charge in [-0.3, -0.25) is 9.36 Å². The number of benzene rings is 1. The summed E-state index contributed by atoms with van der Waals surface area (Å²) in [6.07, 6.45) is 0. The third kappa shape index (κ3) is 1.90. The van der Waals surface area contributed by atoms with E-state index in [0.29, 0.717) is 16.9 Å². The van der Waals surface area contributed by atoms with Crippen molar-refractivity contribution in [2.75, 3.05) is 0 Å². The number of para-hydroxylation sites is 1. The Balaban J connectivity index is 2.50. The summed E-state index contributed by atoms with van der Waals surface area (Å²) in [4.78, 5) is 20.7. The van der Waals surface area contributed by atoms with Gasteiger partial charge in [-0.1, -0.05) is 18.2 Å². The van der Waals surface area contributed by atoms with Crippen molar-refractivity contribution in [3.8, 4) is 5.69 Å². The SMILES string of the molecule is Cc1ccc2c(=O)nc(C)n(-c3ccccc3C)c2n1. The molecule has 0 amide bonds. The quantitative estimate of drug-likeness (QED) is 0.679. The molecule has 0 unspecified atom stereocenters. The van der Waals surface area contributed by atoms with Crippen LogP contribution in [0.3, 0.4) is 0 Å². The van der Waals surface area contributed by atoms with Gasteiger partial charge in [-0.25, -0.2) is 4.98 Å². The van der Waals surface area contributed by atoms with Crippen molar-refractivity contribution in [2.45, 2.75) is 20.8 Å². The fraction of sp³-hybridized carbons (Fsp3) is 0.188. The Labute approximate surface area is 116 Å². The third-order valence-electron chi connectivity index (χ3n) is 3.40. The molecule has 2 aromatic heterocycles. The van der Waals surface area contributed by atoms with Crippen LogP contribution in [0.2, 0.25) is 0 Å². The van der Waals surface area contributed by atoms with Gasteiger partial charge in [0, 0.05) is 5.69 Å². The molecule has 0 aliphatic heterocycles. The van der Waals surface area contributed by atoms with E-state index in [2.05, 4.69) is 9.97 Å². The van der Waals surface area contributed by atoms with Crippen LogP contribution in [0.25, 0.3) is 16.7 Å². The molecule has 2 heterocycles. The maximum atomic E-state index is 12.0. The predicted octanol–water partition coefficient (Wildman–Crippen LogP) is 2.71. The normalized spacial score (nSPS) is 10.9. The topological polar surface area (TPSA) is 47.8 Å². The molecule has 3 rings (SSSR count). The molecule has 0 spiro atoms. The van der Waals surface area contributed by atoms with E-state index < -0.39 is 0 Å². The minimum absolute atomic E-state index is 0.227. The first-order valence-electron chi connectivity index (χ1n) is 6.51. The lowest BCUT2D eigenvalue weighted by atomic mass is 10.2. The van der Waals surface area contributed by atoms with E-state index in [1.807, 2.05) is 55.7 Å². The molecule has 0 fully saturated rings. The second-order valence-electron chi connectivity index (χ2n) is 4.91. The minimum Gasteiger partial charge on any atom is -0.282 e. The standard InChI is InChI=1S/C16H15N3O/c1-10-6-4-5-7-14(10)19-12(3)18-16(20)13-9-8-11(2)17-15(13)19/h4-9H,1-3H3. The molecular formula is C16H15N3O. The molecule has 0 atom stereocenters. The Bertz CT molecular complexity index is 865. The number of fused-ring (bicyclic) bond motifs is 1. The molecule has 0 saturated carbocycles. The molecule has 0 bridgehead atoms. The zero-order valence-corrected chi connectivity index (χ0v) is 11.7. The highest BCUT2D eigenvalue weighted by molar-refractivity contribution is 5.76. The second kappa shape index (κ2) is 4.56. The van der Waals surface area contributed by atoms with Gasteiger partial charge >= 0.3 is 0 Å². The van der Waals surface area contributed by atoms with Crippen LogP contribution in [0.15, 0.2) is 41.2 Å². The first-order valence-corrected chi connectivity index (χ1v) is 6.51. The van der Waals surface area contributed by atoms with Crippen molar-refractivity contribution in [1.82, 2.24) is 14.5 Å². The summed E-state index contributed by atoms with van der Waals surface area (Å²) in [6, 6.07) is 11.6. The van der Waals surface area contributed by atoms with Crippen molar-refractivity contribution in [1.29, 1.82) is 0 Å². The number of hydrogen-bond donors (Lipinski definition) is 0. The smallest absolute Gasteiger partial charge is 0.282 e. The minimum atomic E-state index is -0.227. The summed E-state index contributed by atoms with van der Waals surface area (Å²) in [5.74, 6) is 0.648. The van der Waals surface area contributed by atoms with Gasteiger partial charge in [-0.15, -0.1) is 0 Å². The molecule has 0 saturated heterocycles. The summed E-state index contributed by atoms with van der Waals surface area (Å²) >= 11 is 0. The van der Waals surface area contributed by atoms with Crippen LogP contribution in [0.5, 0.6) is 0 Å². The number of aromatic nitrogens is 3. The first kappa shape index (κ1) is 12.5. The van der Waals surface area contributed by atoms with Crippen LogP contribution in [0.4, 0.5) is 0 Å². The first-order chi connectivity index (χ1) is 9.58. The lowest BCUT2D eigenvalue weighted by Gasteiger charge is -2.15. The van der Waals surface area contributed by atoms with Crippen molar-refractivity contribution in [3.05, 3.63) is 63.8 Å². The van der Waals surface area contributed by atoms with E-state index in [1.165, 1.54) is 0 Å². The summed E-state index contributed by atoms with van der Waals surface area (Å²) in [5.41, 5.74) is 3.43. The van der Waals surface area contributed by atoms with E-state index in [-0.39, 0.29) is 5.56 Å². The monoisotopic (exact) mass is 265 g/mol. The van der Waals surface area contributed by atoms with Crippen molar-refractivity contribution in [3.63, 3.8) is 0 Å². The highest BCUT2D eigenvalue weighted by Crippen LogP contribution is 2.19. The molecule has 1 aromatic carbocycles. The molecule has 4 nitrogen and oxygen atoms in total. The molecule has 0 N–H and O–H groups in total. The van der Waals surface area contributed by atoms with Gasteiger partial charge in [-0.2, -0.15) is 4.98 Å². The number of pyridine rings is 1. The lowest BCUT2D eigenvalue weighted by Crippen LogP contribution is -2.17. The van der Waals surface area contributed by atoms with E-state index in [4.69, 9.17) is 0 Å². The summed E-state index contributed by atoms with van der Waals surface area (Å²) in [7, 11) is 0. The third-order valence-corrected chi connectivity index (χ3v) is 3.40. The molecule has 100 valence electrons. The largest absolute Gasteiger partial charge is 0.282 e. The molecule has 0 radical (unpaired) electrons. The van der Waals surface area contributed by atoms with Crippen LogP contribution in [-0.4, -0.2) is 14.5 Å². The van der Waals surface area contributed by atoms with Gasteiger partial charge in [-0.05, 0) is 44.5 Å². The summed E-state index contributed by atoms with van der Waals surface area (Å²) in [5, 5.41) is 0.546. The summed E-state index contributed by atoms with van der Waals surface area (Å²) < 4.78 is 1.94. The Morgan fingerprint density at radius 3 is 2.45 bits per heavy atom. The molecular weight excluding hydrogens is 250 g/mol. The van der Waals surface area contributed by atoms with Gasteiger partial charge in [0.1, 0.15) is 5.82 Å². The Hall–Kier alpha value is -2.49. The van der Waals surface area contributed by atoms with E-state index in [9.17, 15) is 4.79 Å². The Morgan fingerprint density at radius 1 is 0.950 bits per heavy atom. The van der Waals surface area contributed by atoms with Crippen molar-refractivity contribution in [2.24, 2.45) is 0 Å². The van der Waals surface area contributed by atoms with Crippen molar-refractivity contribution >= 4 is 11.0 Å².